The zero-order valence-electron chi connectivity index (χ0n) is 9.26. The van der Waals surface area contributed by atoms with Gasteiger partial charge in [0, 0.05) is 42.8 Å². The summed E-state index contributed by atoms with van der Waals surface area (Å²) in [5, 5.41) is 3.31. The summed E-state index contributed by atoms with van der Waals surface area (Å²) < 4.78 is 1.15. The van der Waals surface area contributed by atoms with Gasteiger partial charge >= 0.3 is 0 Å². The lowest BCUT2D eigenvalue weighted by Gasteiger charge is -2.33. The van der Waals surface area contributed by atoms with Crippen LogP contribution in [-0.4, -0.2) is 26.7 Å². The molecule has 1 N–H and O–H groups in total. The Balaban J connectivity index is 2.09. The van der Waals surface area contributed by atoms with Gasteiger partial charge in [0.05, 0.1) is 0 Å². The van der Waals surface area contributed by atoms with E-state index in [2.05, 4.69) is 58.3 Å². The molecule has 0 radical (unpaired) electrons. The molecule has 15 heavy (non-hydrogen) atoms. The second-order valence-electron chi connectivity index (χ2n) is 4.34. The maximum absolute atomic E-state index is 3.52. The molecule has 0 aliphatic carbocycles. The Morgan fingerprint density at radius 2 is 2.20 bits per heavy atom. The van der Waals surface area contributed by atoms with Gasteiger partial charge in [-0.1, -0.05) is 22.0 Å². The summed E-state index contributed by atoms with van der Waals surface area (Å²) >= 11 is 3.52. The largest absolute Gasteiger partial charge is 0.374 e. The van der Waals surface area contributed by atoms with Crippen molar-refractivity contribution in [2.24, 2.45) is 5.92 Å². The first-order valence-electron chi connectivity index (χ1n) is 5.35. The van der Waals surface area contributed by atoms with Gasteiger partial charge in [-0.2, -0.15) is 0 Å². The summed E-state index contributed by atoms with van der Waals surface area (Å²) in [6.45, 7) is 5.64. The lowest BCUT2D eigenvalue weighted by molar-refractivity contribution is 0.353. The summed E-state index contributed by atoms with van der Waals surface area (Å²) in [6, 6.07) is 6.45. The van der Waals surface area contributed by atoms with Crippen LogP contribution in [0.15, 0.2) is 22.7 Å². The normalized spacial score (nSPS) is 16.2. The summed E-state index contributed by atoms with van der Waals surface area (Å²) in [7, 11) is 2.17. The van der Waals surface area contributed by atoms with Crippen LogP contribution in [0.5, 0.6) is 0 Å². The highest BCUT2D eigenvalue weighted by molar-refractivity contribution is 9.10. The molecule has 1 aromatic carbocycles. The monoisotopic (exact) mass is 268 g/mol. The molecule has 1 aliphatic rings. The number of rotatable bonds is 3. The van der Waals surface area contributed by atoms with Crippen molar-refractivity contribution < 1.29 is 0 Å². The Labute approximate surface area is 99.8 Å². The van der Waals surface area contributed by atoms with E-state index in [-0.39, 0.29) is 0 Å². The van der Waals surface area contributed by atoms with Crippen molar-refractivity contribution in [2.75, 3.05) is 31.6 Å². The number of aryl methyl sites for hydroxylation is 1. The van der Waals surface area contributed by atoms with Crippen LogP contribution in [0.1, 0.15) is 5.56 Å². The second-order valence-corrected chi connectivity index (χ2v) is 5.25. The van der Waals surface area contributed by atoms with Gasteiger partial charge in [0.2, 0.25) is 0 Å². The van der Waals surface area contributed by atoms with Crippen LogP contribution >= 0.6 is 15.9 Å². The lowest BCUT2D eigenvalue weighted by Crippen LogP contribution is -2.47. The van der Waals surface area contributed by atoms with Crippen molar-refractivity contribution in [3.8, 4) is 0 Å². The predicted molar refractivity (Wildman–Crippen MR) is 68.5 cm³/mol. The molecule has 0 spiro atoms. The molecule has 0 aromatic heterocycles. The topological polar surface area (TPSA) is 15.3 Å². The summed E-state index contributed by atoms with van der Waals surface area (Å²) in [4.78, 5) is 2.35. The zero-order chi connectivity index (χ0) is 10.8. The number of nitrogens with zero attached hydrogens (tertiary/aromatic N) is 1. The van der Waals surface area contributed by atoms with Crippen LogP contribution < -0.4 is 10.2 Å². The smallest absolute Gasteiger partial charge is 0.0404 e. The van der Waals surface area contributed by atoms with Crippen molar-refractivity contribution in [1.29, 1.82) is 0 Å². The summed E-state index contributed by atoms with van der Waals surface area (Å²) in [6.07, 6.45) is 0. The maximum Gasteiger partial charge on any atom is 0.0404 e. The Kier molecular flexibility index (Phi) is 3.32. The average molecular weight is 269 g/mol. The van der Waals surface area contributed by atoms with Crippen LogP contribution in [0.2, 0.25) is 0 Å². The number of hydrogen-bond donors (Lipinski definition) is 1. The van der Waals surface area contributed by atoms with Gasteiger partial charge in [-0.25, -0.2) is 0 Å². The van der Waals surface area contributed by atoms with Crippen LogP contribution in [0, 0.1) is 12.8 Å². The molecule has 0 amide bonds. The van der Waals surface area contributed by atoms with Crippen molar-refractivity contribution in [1.82, 2.24) is 5.32 Å². The first-order valence-corrected chi connectivity index (χ1v) is 6.14. The molecule has 1 fully saturated rings. The number of anilines is 1. The molecule has 0 bridgehead atoms. The molecule has 1 heterocycles. The van der Waals surface area contributed by atoms with Crippen LogP contribution in [0.4, 0.5) is 5.69 Å². The molecule has 0 atom stereocenters. The molecule has 2 nitrogen and oxygen atoms in total. The minimum absolute atomic E-state index is 0.813. The average Bonchev–Trinajstić information content (AvgIpc) is 2.15. The molecule has 3 heteroatoms. The van der Waals surface area contributed by atoms with Crippen LogP contribution in [0.25, 0.3) is 0 Å². The maximum atomic E-state index is 3.52. The lowest BCUT2D eigenvalue weighted by atomic mass is 10.0. The van der Waals surface area contributed by atoms with E-state index in [1.807, 2.05) is 0 Å². The molecular formula is C12H17BrN2. The molecule has 1 aliphatic heterocycles. The fraction of sp³-hybridized carbons (Fsp3) is 0.500. The summed E-state index contributed by atoms with van der Waals surface area (Å²) in [5.41, 5.74) is 2.67. The van der Waals surface area contributed by atoms with Crippen LogP contribution in [-0.2, 0) is 0 Å². The number of halogens is 1. The Morgan fingerprint density at radius 3 is 2.80 bits per heavy atom. The molecule has 1 aromatic rings. The van der Waals surface area contributed by atoms with Gasteiger partial charge in [0.15, 0.2) is 0 Å². The minimum atomic E-state index is 0.813. The van der Waals surface area contributed by atoms with Gasteiger partial charge in [-0.3, -0.25) is 0 Å². The van der Waals surface area contributed by atoms with E-state index in [0.717, 1.165) is 30.0 Å². The second kappa shape index (κ2) is 4.54. The van der Waals surface area contributed by atoms with Gasteiger partial charge in [-0.05, 0) is 24.6 Å². The van der Waals surface area contributed by atoms with Gasteiger partial charge in [-0.15, -0.1) is 0 Å². The SMILES string of the molecule is Cc1ccc(Br)cc1N(C)CC1CNC1. The van der Waals surface area contributed by atoms with Crippen molar-refractivity contribution in [3.05, 3.63) is 28.2 Å². The predicted octanol–water partition coefficient (Wildman–Crippen LogP) is 2.41. The van der Waals surface area contributed by atoms with Gasteiger partial charge in [0.25, 0.3) is 0 Å². The highest BCUT2D eigenvalue weighted by Gasteiger charge is 2.19. The van der Waals surface area contributed by atoms with E-state index in [4.69, 9.17) is 0 Å². The third-order valence-electron chi connectivity index (χ3n) is 2.98. The number of nitrogens with one attached hydrogen (secondary N) is 1. The molecule has 0 saturated carbocycles. The van der Waals surface area contributed by atoms with E-state index in [1.165, 1.54) is 11.3 Å². The Hall–Kier alpha value is -0.540. The van der Waals surface area contributed by atoms with Crippen molar-refractivity contribution >= 4 is 21.6 Å². The fourth-order valence-corrected chi connectivity index (χ4v) is 2.31. The van der Waals surface area contributed by atoms with Gasteiger partial charge < -0.3 is 10.2 Å². The Bertz CT molecular complexity index is 347. The standard InChI is InChI=1S/C12H17BrN2/c1-9-3-4-11(13)5-12(9)15(2)8-10-6-14-7-10/h3-5,10,14H,6-8H2,1-2H3. The number of hydrogen-bond acceptors (Lipinski definition) is 2. The van der Waals surface area contributed by atoms with E-state index >= 15 is 0 Å². The molecule has 2 rings (SSSR count). The first kappa shape index (κ1) is 11.0. The minimum Gasteiger partial charge on any atom is -0.374 e. The quantitative estimate of drug-likeness (QED) is 0.906. The molecule has 82 valence electrons. The molecule has 1 saturated heterocycles. The van der Waals surface area contributed by atoms with E-state index in [0.29, 0.717) is 0 Å². The van der Waals surface area contributed by atoms with Crippen molar-refractivity contribution in [2.45, 2.75) is 6.92 Å². The highest BCUT2D eigenvalue weighted by Crippen LogP contribution is 2.24. The van der Waals surface area contributed by atoms with Gasteiger partial charge in [0.1, 0.15) is 0 Å². The van der Waals surface area contributed by atoms with Crippen molar-refractivity contribution in [3.63, 3.8) is 0 Å². The van der Waals surface area contributed by atoms with E-state index in [9.17, 15) is 0 Å². The summed E-state index contributed by atoms with van der Waals surface area (Å²) in [5.74, 6) is 0.813. The van der Waals surface area contributed by atoms with E-state index < -0.39 is 0 Å². The molecule has 0 unspecified atom stereocenters. The highest BCUT2D eigenvalue weighted by atomic mass is 79.9. The fourth-order valence-electron chi connectivity index (χ4n) is 1.96. The zero-order valence-corrected chi connectivity index (χ0v) is 10.8. The third-order valence-corrected chi connectivity index (χ3v) is 3.47. The Morgan fingerprint density at radius 1 is 1.47 bits per heavy atom. The van der Waals surface area contributed by atoms with E-state index in [1.54, 1.807) is 0 Å². The third kappa shape index (κ3) is 2.52. The van der Waals surface area contributed by atoms with Crippen LogP contribution in [0.3, 0.4) is 0 Å². The molecular weight excluding hydrogens is 252 g/mol. The first-order chi connectivity index (χ1) is 7.16. The number of benzene rings is 1.